The summed E-state index contributed by atoms with van der Waals surface area (Å²) in [5.74, 6) is 0. The summed E-state index contributed by atoms with van der Waals surface area (Å²) in [6.45, 7) is 2.56. The molecule has 0 aliphatic heterocycles. The molecule has 27 heavy (non-hydrogen) atoms. The van der Waals surface area contributed by atoms with Crippen LogP contribution in [0.2, 0.25) is 0 Å². The van der Waals surface area contributed by atoms with Crippen molar-refractivity contribution in [3.63, 3.8) is 0 Å². The van der Waals surface area contributed by atoms with E-state index in [2.05, 4.69) is 6.92 Å². The standard InChI is InChI=1S/C23H40O3S/c1-2-3-4-5-6-7-8-9-10-11-12-13-14-15-19-22-26-27(24,25)23-20-17-16-18-21-23/h16-18,20-21H,2-15,19,22H2,1H3. The predicted octanol–water partition coefficient (Wildman–Crippen LogP) is 7.26. The Morgan fingerprint density at radius 3 is 1.48 bits per heavy atom. The third-order valence-corrected chi connectivity index (χ3v) is 6.34. The maximum absolute atomic E-state index is 12.0. The van der Waals surface area contributed by atoms with E-state index in [4.69, 9.17) is 4.18 Å². The molecule has 0 bridgehead atoms. The molecule has 0 unspecified atom stereocenters. The summed E-state index contributed by atoms with van der Waals surface area (Å²) in [5.41, 5.74) is 0. The van der Waals surface area contributed by atoms with Gasteiger partial charge in [-0.2, -0.15) is 8.42 Å². The molecule has 0 fully saturated rings. The van der Waals surface area contributed by atoms with E-state index in [1.165, 1.54) is 83.5 Å². The van der Waals surface area contributed by atoms with Crippen molar-refractivity contribution >= 4 is 10.1 Å². The van der Waals surface area contributed by atoms with Crippen LogP contribution in [0.25, 0.3) is 0 Å². The molecule has 3 nitrogen and oxygen atoms in total. The molecule has 0 atom stereocenters. The average molecular weight is 397 g/mol. The second-order valence-corrected chi connectivity index (χ2v) is 9.15. The van der Waals surface area contributed by atoms with E-state index in [9.17, 15) is 8.42 Å². The van der Waals surface area contributed by atoms with E-state index >= 15 is 0 Å². The smallest absolute Gasteiger partial charge is 0.266 e. The topological polar surface area (TPSA) is 43.4 Å². The molecule has 0 amide bonds. The first-order chi connectivity index (χ1) is 13.2. The van der Waals surface area contributed by atoms with Crippen molar-refractivity contribution in [3.8, 4) is 0 Å². The number of hydrogen-bond donors (Lipinski definition) is 0. The fraction of sp³-hybridized carbons (Fsp3) is 0.739. The Labute approximate surface area is 168 Å². The number of unbranched alkanes of at least 4 members (excludes halogenated alkanes) is 14. The zero-order valence-corrected chi connectivity index (χ0v) is 18.1. The molecule has 0 spiro atoms. The maximum Gasteiger partial charge on any atom is 0.296 e. The highest BCUT2D eigenvalue weighted by molar-refractivity contribution is 7.86. The van der Waals surface area contributed by atoms with Gasteiger partial charge in [0.15, 0.2) is 0 Å². The van der Waals surface area contributed by atoms with Crippen LogP contribution in [0.5, 0.6) is 0 Å². The van der Waals surface area contributed by atoms with Crippen molar-refractivity contribution in [1.82, 2.24) is 0 Å². The highest BCUT2D eigenvalue weighted by Gasteiger charge is 2.13. The van der Waals surface area contributed by atoms with Gasteiger partial charge in [-0.25, -0.2) is 0 Å². The number of benzene rings is 1. The molecule has 156 valence electrons. The molecule has 0 aliphatic carbocycles. The Kier molecular flexibility index (Phi) is 14.4. The van der Waals surface area contributed by atoms with Crippen molar-refractivity contribution in [2.24, 2.45) is 0 Å². The Bertz CT molecular complexity index is 540. The molecule has 0 radical (unpaired) electrons. The molecule has 0 N–H and O–H groups in total. The quantitative estimate of drug-likeness (QED) is 0.194. The van der Waals surface area contributed by atoms with Crippen LogP contribution in [0.15, 0.2) is 35.2 Å². The minimum Gasteiger partial charge on any atom is -0.266 e. The molecule has 0 saturated carbocycles. The van der Waals surface area contributed by atoms with E-state index in [1.54, 1.807) is 30.3 Å². The molecular formula is C23H40O3S. The third kappa shape index (κ3) is 13.0. The average Bonchev–Trinajstić information content (AvgIpc) is 2.68. The van der Waals surface area contributed by atoms with Crippen molar-refractivity contribution in [1.29, 1.82) is 0 Å². The zero-order chi connectivity index (χ0) is 19.6. The fourth-order valence-electron chi connectivity index (χ4n) is 3.30. The summed E-state index contributed by atoms with van der Waals surface area (Å²) in [6.07, 6.45) is 19.5. The summed E-state index contributed by atoms with van der Waals surface area (Å²) in [5, 5.41) is 0. The lowest BCUT2D eigenvalue weighted by Gasteiger charge is -2.06. The van der Waals surface area contributed by atoms with Crippen LogP contribution < -0.4 is 0 Å². The molecule has 4 heteroatoms. The van der Waals surface area contributed by atoms with Crippen LogP contribution in [0.1, 0.15) is 103 Å². The molecule has 1 aromatic carbocycles. The van der Waals surface area contributed by atoms with Crippen LogP contribution in [-0.2, 0) is 14.3 Å². The maximum atomic E-state index is 12.0. The lowest BCUT2D eigenvalue weighted by molar-refractivity contribution is 0.306. The fourth-order valence-corrected chi connectivity index (χ4v) is 4.26. The largest absolute Gasteiger partial charge is 0.296 e. The molecule has 1 aromatic rings. The molecule has 0 heterocycles. The number of hydrogen-bond acceptors (Lipinski definition) is 3. The van der Waals surface area contributed by atoms with Gasteiger partial charge in [0.2, 0.25) is 0 Å². The summed E-state index contributed by atoms with van der Waals surface area (Å²) >= 11 is 0. The van der Waals surface area contributed by atoms with E-state index in [1.807, 2.05) is 0 Å². The molecule has 0 saturated heterocycles. The van der Waals surface area contributed by atoms with Gasteiger partial charge in [-0.3, -0.25) is 4.18 Å². The second-order valence-electron chi connectivity index (χ2n) is 7.54. The first-order valence-corrected chi connectivity index (χ1v) is 12.5. The van der Waals surface area contributed by atoms with Crippen LogP contribution in [0.4, 0.5) is 0 Å². The van der Waals surface area contributed by atoms with Gasteiger partial charge in [0.05, 0.1) is 11.5 Å². The Hall–Kier alpha value is -0.870. The molecule has 0 aliphatic rings. The van der Waals surface area contributed by atoms with Gasteiger partial charge in [-0.1, -0.05) is 115 Å². The lowest BCUT2D eigenvalue weighted by Crippen LogP contribution is -2.07. The lowest BCUT2D eigenvalue weighted by atomic mass is 10.0. The monoisotopic (exact) mass is 396 g/mol. The first-order valence-electron chi connectivity index (χ1n) is 11.1. The van der Waals surface area contributed by atoms with Crippen molar-refractivity contribution in [3.05, 3.63) is 30.3 Å². The van der Waals surface area contributed by atoms with Gasteiger partial charge in [-0.05, 0) is 18.6 Å². The van der Waals surface area contributed by atoms with E-state index < -0.39 is 10.1 Å². The highest BCUT2D eigenvalue weighted by atomic mass is 32.2. The number of rotatable bonds is 18. The molecular weight excluding hydrogens is 356 g/mol. The predicted molar refractivity (Wildman–Crippen MR) is 115 cm³/mol. The molecule has 0 aromatic heterocycles. The van der Waals surface area contributed by atoms with Crippen LogP contribution in [0, 0.1) is 0 Å². The van der Waals surface area contributed by atoms with E-state index in [-0.39, 0.29) is 11.5 Å². The SMILES string of the molecule is CCCCCCCCCCCCCCCCCOS(=O)(=O)c1ccccc1. The summed E-state index contributed by atoms with van der Waals surface area (Å²) in [6, 6.07) is 8.37. The van der Waals surface area contributed by atoms with Gasteiger partial charge in [0.1, 0.15) is 0 Å². The van der Waals surface area contributed by atoms with Crippen LogP contribution in [0.3, 0.4) is 0 Å². The minimum atomic E-state index is -3.58. The summed E-state index contributed by atoms with van der Waals surface area (Å²) < 4.78 is 29.0. The second kappa shape index (κ2) is 16.1. The van der Waals surface area contributed by atoms with Crippen molar-refractivity contribution in [2.45, 2.75) is 108 Å². The van der Waals surface area contributed by atoms with Crippen LogP contribution >= 0.6 is 0 Å². The van der Waals surface area contributed by atoms with Gasteiger partial charge in [0, 0.05) is 0 Å². The minimum absolute atomic E-state index is 0.242. The van der Waals surface area contributed by atoms with Gasteiger partial charge < -0.3 is 0 Å². The summed E-state index contributed by atoms with van der Waals surface area (Å²) in [4.78, 5) is 0.242. The van der Waals surface area contributed by atoms with Gasteiger partial charge >= 0.3 is 0 Å². The van der Waals surface area contributed by atoms with Crippen LogP contribution in [-0.4, -0.2) is 15.0 Å². The Morgan fingerprint density at radius 2 is 1.04 bits per heavy atom. The van der Waals surface area contributed by atoms with E-state index in [0.29, 0.717) is 0 Å². The third-order valence-electron chi connectivity index (χ3n) is 5.02. The van der Waals surface area contributed by atoms with Crippen molar-refractivity contribution < 1.29 is 12.6 Å². The Balaban J connectivity index is 1.84. The Morgan fingerprint density at radius 1 is 0.630 bits per heavy atom. The first kappa shape index (κ1) is 24.2. The zero-order valence-electron chi connectivity index (χ0n) is 17.3. The summed E-state index contributed by atoms with van der Waals surface area (Å²) in [7, 11) is -3.58. The van der Waals surface area contributed by atoms with Gasteiger partial charge in [-0.15, -0.1) is 0 Å². The van der Waals surface area contributed by atoms with Crippen molar-refractivity contribution in [2.75, 3.05) is 6.61 Å². The normalized spacial score (nSPS) is 11.7. The molecule has 1 rings (SSSR count). The highest BCUT2D eigenvalue weighted by Crippen LogP contribution is 2.15. The van der Waals surface area contributed by atoms with E-state index in [0.717, 1.165) is 12.8 Å². The van der Waals surface area contributed by atoms with Gasteiger partial charge in [0.25, 0.3) is 10.1 Å².